The maximum Gasteiger partial charge on any atom is 0.262 e. The van der Waals surface area contributed by atoms with Crippen molar-refractivity contribution in [1.29, 1.82) is 0 Å². The molecule has 4 heteroatoms. The Labute approximate surface area is 116 Å². The van der Waals surface area contributed by atoms with E-state index >= 15 is 0 Å². The van der Waals surface area contributed by atoms with E-state index in [4.69, 9.17) is 4.74 Å². The van der Waals surface area contributed by atoms with E-state index in [-0.39, 0.29) is 11.4 Å². The van der Waals surface area contributed by atoms with Crippen molar-refractivity contribution in [2.45, 2.75) is 18.4 Å². The van der Waals surface area contributed by atoms with Crippen LogP contribution in [0.25, 0.3) is 0 Å². The van der Waals surface area contributed by atoms with Crippen LogP contribution in [0.2, 0.25) is 0 Å². The second kappa shape index (κ2) is 4.70. The van der Waals surface area contributed by atoms with Crippen LogP contribution in [0, 0.1) is 0 Å². The summed E-state index contributed by atoms with van der Waals surface area (Å²) < 4.78 is 5.16. The Hall–Kier alpha value is -1.81. The predicted molar refractivity (Wildman–Crippen MR) is 75.7 cm³/mol. The average molecular weight is 273 g/mol. The van der Waals surface area contributed by atoms with E-state index in [9.17, 15) is 4.79 Å². The molecule has 0 aliphatic heterocycles. The molecule has 3 nitrogen and oxygen atoms in total. The van der Waals surface area contributed by atoms with E-state index in [2.05, 4.69) is 5.32 Å². The molecule has 1 amide bonds. The quantitative estimate of drug-likeness (QED) is 0.929. The summed E-state index contributed by atoms with van der Waals surface area (Å²) in [6, 6.07) is 11.7. The largest absolute Gasteiger partial charge is 0.497 e. The molecule has 1 aromatic heterocycles. The number of methoxy groups -OCH3 is 1. The molecular formula is C15H15NO2S. The molecular weight excluding hydrogens is 258 g/mol. The highest BCUT2D eigenvalue weighted by Gasteiger charge is 2.45. The maximum atomic E-state index is 12.1. The molecule has 0 atom stereocenters. The molecule has 1 aliphatic carbocycles. The summed E-state index contributed by atoms with van der Waals surface area (Å²) in [6.07, 6.45) is 1.99. The van der Waals surface area contributed by atoms with Crippen LogP contribution < -0.4 is 10.1 Å². The molecule has 0 radical (unpaired) electrons. The Morgan fingerprint density at radius 1 is 1.26 bits per heavy atom. The number of carbonyl (C=O) groups excluding carboxylic acids is 1. The second-order valence-corrected chi connectivity index (χ2v) is 5.69. The fraction of sp³-hybridized carbons (Fsp3) is 0.267. The zero-order valence-corrected chi connectivity index (χ0v) is 11.5. The van der Waals surface area contributed by atoms with Crippen LogP contribution in [-0.4, -0.2) is 13.0 Å². The van der Waals surface area contributed by atoms with Gasteiger partial charge in [0.15, 0.2) is 0 Å². The lowest BCUT2D eigenvalue weighted by atomic mass is 10.0. The van der Waals surface area contributed by atoms with Gasteiger partial charge in [-0.05, 0) is 42.0 Å². The van der Waals surface area contributed by atoms with Crippen LogP contribution in [0.5, 0.6) is 5.75 Å². The highest BCUT2D eigenvalue weighted by atomic mass is 32.1. The lowest BCUT2D eigenvalue weighted by molar-refractivity contribution is 0.0935. The maximum absolute atomic E-state index is 12.1. The number of amides is 1. The van der Waals surface area contributed by atoms with Crippen LogP contribution in [0.1, 0.15) is 28.1 Å². The minimum absolute atomic E-state index is 0.0170. The predicted octanol–water partition coefficient (Wildman–Crippen LogP) is 3.18. The van der Waals surface area contributed by atoms with Crippen LogP contribution in [0.3, 0.4) is 0 Å². The van der Waals surface area contributed by atoms with E-state index in [1.807, 2.05) is 41.8 Å². The molecule has 2 aromatic rings. The van der Waals surface area contributed by atoms with Crippen molar-refractivity contribution in [2.24, 2.45) is 0 Å². The van der Waals surface area contributed by atoms with Gasteiger partial charge in [-0.15, -0.1) is 11.3 Å². The Kier molecular flexibility index (Phi) is 3.03. The van der Waals surface area contributed by atoms with Gasteiger partial charge in [0.2, 0.25) is 0 Å². The lowest BCUT2D eigenvalue weighted by Crippen LogP contribution is -2.34. The Morgan fingerprint density at radius 3 is 2.53 bits per heavy atom. The molecule has 0 saturated heterocycles. The van der Waals surface area contributed by atoms with Crippen molar-refractivity contribution in [3.63, 3.8) is 0 Å². The third kappa shape index (κ3) is 2.36. The van der Waals surface area contributed by atoms with E-state index in [0.717, 1.165) is 29.0 Å². The fourth-order valence-electron chi connectivity index (χ4n) is 2.21. The van der Waals surface area contributed by atoms with Crippen LogP contribution >= 0.6 is 11.3 Å². The monoisotopic (exact) mass is 273 g/mol. The van der Waals surface area contributed by atoms with E-state index < -0.39 is 0 Å². The molecule has 98 valence electrons. The van der Waals surface area contributed by atoms with Gasteiger partial charge >= 0.3 is 0 Å². The molecule has 1 N–H and O–H groups in total. The standard InChI is InChI=1S/C15H15NO2S/c1-18-12-6-4-11(5-7-12)15(8-9-15)16-14(17)13-3-2-10-19-13/h2-7,10H,8-9H2,1H3,(H,16,17). The summed E-state index contributed by atoms with van der Waals surface area (Å²) in [7, 11) is 1.65. The van der Waals surface area contributed by atoms with Gasteiger partial charge in [-0.2, -0.15) is 0 Å². The number of hydrogen-bond acceptors (Lipinski definition) is 3. The summed E-state index contributed by atoms with van der Waals surface area (Å²) >= 11 is 1.47. The molecule has 1 heterocycles. The Morgan fingerprint density at radius 2 is 2.00 bits per heavy atom. The number of rotatable bonds is 4. The van der Waals surface area contributed by atoms with E-state index in [0.29, 0.717) is 0 Å². The number of carbonyl (C=O) groups is 1. The number of thiophene rings is 1. The fourth-order valence-corrected chi connectivity index (χ4v) is 2.83. The average Bonchev–Trinajstić information content (AvgIpc) is 3.02. The second-order valence-electron chi connectivity index (χ2n) is 4.74. The Bertz CT molecular complexity index is 571. The van der Waals surface area contributed by atoms with Crippen molar-refractivity contribution in [3.8, 4) is 5.75 Å². The molecule has 19 heavy (non-hydrogen) atoms. The minimum Gasteiger partial charge on any atom is -0.497 e. The molecule has 1 fully saturated rings. The summed E-state index contributed by atoms with van der Waals surface area (Å²) in [5.74, 6) is 0.854. The molecule has 3 rings (SSSR count). The van der Waals surface area contributed by atoms with Gasteiger partial charge in [0.25, 0.3) is 5.91 Å². The van der Waals surface area contributed by atoms with Crippen molar-refractivity contribution >= 4 is 17.2 Å². The third-order valence-corrected chi connectivity index (χ3v) is 4.36. The summed E-state index contributed by atoms with van der Waals surface area (Å²) in [5, 5.41) is 5.07. The summed E-state index contributed by atoms with van der Waals surface area (Å²) in [4.78, 5) is 12.9. The molecule has 1 saturated carbocycles. The molecule has 0 bridgehead atoms. The zero-order valence-electron chi connectivity index (χ0n) is 10.7. The first-order valence-electron chi connectivity index (χ1n) is 6.24. The number of nitrogens with one attached hydrogen (secondary N) is 1. The van der Waals surface area contributed by atoms with E-state index in [1.165, 1.54) is 11.3 Å². The SMILES string of the molecule is COc1ccc(C2(NC(=O)c3cccs3)CC2)cc1. The minimum atomic E-state index is -0.173. The first-order valence-corrected chi connectivity index (χ1v) is 7.12. The first-order chi connectivity index (χ1) is 9.23. The van der Waals surface area contributed by atoms with Crippen molar-refractivity contribution < 1.29 is 9.53 Å². The van der Waals surface area contributed by atoms with E-state index in [1.54, 1.807) is 7.11 Å². The van der Waals surface area contributed by atoms with Crippen LogP contribution in [-0.2, 0) is 5.54 Å². The van der Waals surface area contributed by atoms with Gasteiger partial charge in [-0.25, -0.2) is 0 Å². The molecule has 1 aromatic carbocycles. The van der Waals surface area contributed by atoms with Gasteiger partial charge < -0.3 is 10.1 Å². The van der Waals surface area contributed by atoms with Gasteiger partial charge in [0.1, 0.15) is 5.75 Å². The number of benzene rings is 1. The molecule has 0 unspecified atom stereocenters. The van der Waals surface area contributed by atoms with Crippen LogP contribution in [0.4, 0.5) is 0 Å². The lowest BCUT2D eigenvalue weighted by Gasteiger charge is -2.17. The molecule has 1 aliphatic rings. The number of hydrogen-bond donors (Lipinski definition) is 1. The van der Waals surface area contributed by atoms with Crippen LogP contribution in [0.15, 0.2) is 41.8 Å². The van der Waals surface area contributed by atoms with Gasteiger partial charge in [-0.3, -0.25) is 4.79 Å². The van der Waals surface area contributed by atoms with Gasteiger partial charge in [-0.1, -0.05) is 18.2 Å². The highest BCUT2D eigenvalue weighted by Crippen LogP contribution is 2.46. The van der Waals surface area contributed by atoms with Crippen molar-refractivity contribution in [1.82, 2.24) is 5.32 Å². The summed E-state index contributed by atoms with van der Waals surface area (Å²) in [5.41, 5.74) is 0.978. The third-order valence-electron chi connectivity index (χ3n) is 3.49. The normalized spacial score (nSPS) is 15.8. The van der Waals surface area contributed by atoms with Crippen molar-refractivity contribution in [2.75, 3.05) is 7.11 Å². The van der Waals surface area contributed by atoms with Crippen molar-refractivity contribution in [3.05, 3.63) is 52.2 Å². The smallest absolute Gasteiger partial charge is 0.262 e. The summed E-state index contributed by atoms with van der Waals surface area (Å²) in [6.45, 7) is 0. The highest BCUT2D eigenvalue weighted by molar-refractivity contribution is 7.12. The Balaban J connectivity index is 1.77. The topological polar surface area (TPSA) is 38.3 Å². The molecule has 0 spiro atoms. The zero-order chi connectivity index (χ0) is 13.3. The number of ether oxygens (including phenoxy) is 1. The van der Waals surface area contributed by atoms with Gasteiger partial charge in [0, 0.05) is 0 Å². The first kappa shape index (κ1) is 12.2. The van der Waals surface area contributed by atoms with Gasteiger partial charge in [0.05, 0.1) is 17.5 Å².